The fourth-order valence-electron chi connectivity index (χ4n) is 3.03. The van der Waals surface area contributed by atoms with E-state index in [-0.39, 0.29) is 12.7 Å². The number of nitrogens with zero attached hydrogens (tertiary/aromatic N) is 1. The van der Waals surface area contributed by atoms with E-state index in [1.165, 1.54) is 34.1 Å². The molecule has 0 saturated carbocycles. The number of carbonyl (C=O) groups is 1. The van der Waals surface area contributed by atoms with Gasteiger partial charge in [-0.3, -0.25) is 10.1 Å². The maximum atomic E-state index is 12.2. The molecule has 1 aliphatic rings. The zero-order valence-electron chi connectivity index (χ0n) is 15.9. The molecule has 4 rings (SSSR count). The Bertz CT molecular complexity index is 1090. The van der Waals surface area contributed by atoms with Crippen molar-refractivity contribution in [2.24, 2.45) is 0 Å². The molecule has 1 aliphatic heterocycles. The first kappa shape index (κ1) is 18.3. The van der Waals surface area contributed by atoms with Crippen LogP contribution in [-0.4, -0.2) is 17.7 Å². The van der Waals surface area contributed by atoms with Crippen molar-refractivity contribution in [3.63, 3.8) is 0 Å². The quantitative estimate of drug-likeness (QED) is 0.627. The molecule has 142 valence electrons. The Morgan fingerprint density at radius 1 is 1.07 bits per heavy atom. The molecule has 6 heteroatoms. The highest BCUT2D eigenvalue weighted by Gasteiger charge is 2.13. The van der Waals surface area contributed by atoms with E-state index < -0.39 is 0 Å². The van der Waals surface area contributed by atoms with E-state index in [0.717, 1.165) is 22.6 Å². The molecule has 1 N–H and O–H groups in total. The summed E-state index contributed by atoms with van der Waals surface area (Å²) in [5.74, 6) is 1.19. The number of anilines is 1. The number of hydrogen-bond acceptors (Lipinski definition) is 5. The van der Waals surface area contributed by atoms with Crippen molar-refractivity contribution >= 4 is 28.5 Å². The highest BCUT2D eigenvalue weighted by Crippen LogP contribution is 2.33. The van der Waals surface area contributed by atoms with Crippen LogP contribution in [0, 0.1) is 20.8 Å². The first-order valence-electron chi connectivity index (χ1n) is 8.92. The van der Waals surface area contributed by atoms with Gasteiger partial charge in [-0.2, -0.15) is 0 Å². The number of aryl methyl sites for hydroxylation is 3. The van der Waals surface area contributed by atoms with Gasteiger partial charge in [-0.05, 0) is 67.3 Å². The summed E-state index contributed by atoms with van der Waals surface area (Å²) in [5, 5.41) is 5.37. The second-order valence-corrected chi connectivity index (χ2v) is 7.58. The summed E-state index contributed by atoms with van der Waals surface area (Å²) in [4.78, 5) is 16.8. The Labute approximate surface area is 167 Å². The highest BCUT2D eigenvalue weighted by molar-refractivity contribution is 7.14. The topological polar surface area (TPSA) is 60.5 Å². The largest absolute Gasteiger partial charge is 0.454 e. The Balaban J connectivity index is 1.45. The third kappa shape index (κ3) is 3.77. The highest BCUT2D eigenvalue weighted by atomic mass is 32.1. The number of ether oxygens (including phenoxy) is 2. The molecule has 0 spiro atoms. The van der Waals surface area contributed by atoms with Crippen molar-refractivity contribution in [1.82, 2.24) is 4.98 Å². The van der Waals surface area contributed by atoms with Crippen molar-refractivity contribution < 1.29 is 14.3 Å². The molecular weight excluding hydrogens is 372 g/mol. The first-order chi connectivity index (χ1) is 13.5. The summed E-state index contributed by atoms with van der Waals surface area (Å²) in [6.45, 7) is 6.50. The summed E-state index contributed by atoms with van der Waals surface area (Å²) >= 11 is 1.42. The van der Waals surface area contributed by atoms with E-state index in [1.807, 2.05) is 23.6 Å². The van der Waals surface area contributed by atoms with Gasteiger partial charge in [0.1, 0.15) is 0 Å². The zero-order valence-corrected chi connectivity index (χ0v) is 16.7. The van der Waals surface area contributed by atoms with Gasteiger partial charge in [0.2, 0.25) is 12.7 Å². The van der Waals surface area contributed by atoms with Crippen molar-refractivity contribution in [1.29, 1.82) is 0 Å². The number of aromatic nitrogens is 1. The average molecular weight is 392 g/mol. The number of rotatable bonds is 4. The summed E-state index contributed by atoms with van der Waals surface area (Å²) in [5.41, 5.74) is 6.50. The Morgan fingerprint density at radius 2 is 1.86 bits per heavy atom. The van der Waals surface area contributed by atoms with Crippen LogP contribution in [0.25, 0.3) is 17.3 Å². The zero-order chi connectivity index (χ0) is 19.7. The summed E-state index contributed by atoms with van der Waals surface area (Å²) in [6, 6.07) is 9.86. The summed E-state index contributed by atoms with van der Waals surface area (Å²) in [7, 11) is 0. The number of nitrogens with one attached hydrogen (secondary N) is 1. The fourth-order valence-corrected chi connectivity index (χ4v) is 3.74. The van der Waals surface area contributed by atoms with Gasteiger partial charge in [-0.15, -0.1) is 11.3 Å². The Hall–Kier alpha value is -3.12. The van der Waals surface area contributed by atoms with Crippen LogP contribution in [-0.2, 0) is 4.79 Å². The number of amides is 1. The number of benzene rings is 2. The molecule has 28 heavy (non-hydrogen) atoms. The average Bonchev–Trinajstić information content (AvgIpc) is 3.32. The SMILES string of the molecule is Cc1cc(C)c(-c2csc(NC(=O)/C=C/c3ccc4c(c3)OCO4)n2)cc1C. The minimum absolute atomic E-state index is 0.227. The normalized spacial score (nSPS) is 12.5. The summed E-state index contributed by atoms with van der Waals surface area (Å²) in [6.07, 6.45) is 3.22. The molecule has 0 aliphatic carbocycles. The van der Waals surface area contributed by atoms with Crippen LogP contribution >= 0.6 is 11.3 Å². The van der Waals surface area contributed by atoms with E-state index in [1.54, 1.807) is 6.08 Å². The maximum absolute atomic E-state index is 12.2. The monoisotopic (exact) mass is 392 g/mol. The fraction of sp³-hybridized carbons (Fsp3) is 0.182. The van der Waals surface area contributed by atoms with E-state index >= 15 is 0 Å². The molecule has 0 radical (unpaired) electrons. The van der Waals surface area contributed by atoms with Gasteiger partial charge in [0.25, 0.3) is 0 Å². The van der Waals surface area contributed by atoms with Crippen molar-refractivity contribution in [2.75, 3.05) is 12.1 Å². The standard InChI is InChI=1S/C22H20N2O3S/c1-13-8-15(3)17(9-14(13)2)18-11-28-22(23-18)24-21(25)7-5-16-4-6-19-20(10-16)27-12-26-19/h4-11H,12H2,1-3H3,(H,23,24,25)/b7-5+. The molecule has 5 nitrogen and oxygen atoms in total. The predicted octanol–water partition coefficient (Wildman–Crippen LogP) is 5.12. The van der Waals surface area contributed by atoms with E-state index in [0.29, 0.717) is 10.9 Å². The Morgan fingerprint density at radius 3 is 2.71 bits per heavy atom. The van der Waals surface area contributed by atoms with Gasteiger partial charge < -0.3 is 9.47 Å². The second kappa shape index (κ2) is 7.48. The lowest BCUT2D eigenvalue weighted by molar-refractivity contribution is -0.111. The lowest BCUT2D eigenvalue weighted by Crippen LogP contribution is -2.07. The van der Waals surface area contributed by atoms with Crippen LogP contribution in [0.2, 0.25) is 0 Å². The summed E-state index contributed by atoms with van der Waals surface area (Å²) < 4.78 is 10.6. The van der Waals surface area contributed by atoms with Crippen LogP contribution in [0.1, 0.15) is 22.3 Å². The number of thiazole rings is 1. The van der Waals surface area contributed by atoms with Gasteiger partial charge in [-0.25, -0.2) is 4.98 Å². The van der Waals surface area contributed by atoms with Gasteiger partial charge in [0.05, 0.1) is 5.69 Å². The van der Waals surface area contributed by atoms with Crippen molar-refractivity contribution in [3.8, 4) is 22.8 Å². The van der Waals surface area contributed by atoms with Gasteiger partial charge in [-0.1, -0.05) is 12.1 Å². The lowest BCUT2D eigenvalue weighted by atomic mass is 9.99. The predicted molar refractivity (Wildman–Crippen MR) is 112 cm³/mol. The smallest absolute Gasteiger partial charge is 0.250 e. The molecule has 0 unspecified atom stereocenters. The van der Waals surface area contributed by atoms with Crippen LogP contribution in [0.5, 0.6) is 11.5 Å². The maximum Gasteiger partial charge on any atom is 0.250 e. The molecule has 0 bridgehead atoms. The molecule has 0 saturated heterocycles. The van der Waals surface area contributed by atoms with E-state index in [4.69, 9.17) is 9.47 Å². The van der Waals surface area contributed by atoms with Crippen LogP contribution < -0.4 is 14.8 Å². The van der Waals surface area contributed by atoms with E-state index in [2.05, 4.69) is 43.2 Å². The molecule has 1 aromatic heterocycles. The third-order valence-electron chi connectivity index (χ3n) is 4.67. The lowest BCUT2D eigenvalue weighted by Gasteiger charge is -2.07. The van der Waals surface area contributed by atoms with Gasteiger partial charge in [0.15, 0.2) is 16.6 Å². The number of carbonyl (C=O) groups excluding carboxylic acids is 1. The second-order valence-electron chi connectivity index (χ2n) is 6.72. The molecule has 2 aromatic carbocycles. The number of fused-ring (bicyclic) bond motifs is 1. The van der Waals surface area contributed by atoms with E-state index in [9.17, 15) is 4.79 Å². The Kier molecular flexibility index (Phi) is 4.88. The van der Waals surface area contributed by atoms with Crippen LogP contribution in [0.4, 0.5) is 5.13 Å². The third-order valence-corrected chi connectivity index (χ3v) is 5.43. The number of hydrogen-bond donors (Lipinski definition) is 1. The van der Waals surface area contributed by atoms with Crippen molar-refractivity contribution in [2.45, 2.75) is 20.8 Å². The molecule has 1 amide bonds. The molecular formula is C22H20N2O3S. The molecule has 2 heterocycles. The van der Waals surface area contributed by atoms with Crippen LogP contribution in [0.3, 0.4) is 0 Å². The van der Waals surface area contributed by atoms with Gasteiger partial charge >= 0.3 is 0 Å². The van der Waals surface area contributed by atoms with Crippen LogP contribution in [0.15, 0.2) is 41.8 Å². The first-order valence-corrected chi connectivity index (χ1v) is 9.80. The molecule has 0 fully saturated rings. The van der Waals surface area contributed by atoms with Crippen molar-refractivity contribution in [3.05, 3.63) is 64.0 Å². The molecule has 0 atom stereocenters. The minimum Gasteiger partial charge on any atom is -0.454 e. The minimum atomic E-state index is -0.227. The molecule has 3 aromatic rings. The van der Waals surface area contributed by atoms with Gasteiger partial charge in [0, 0.05) is 17.0 Å².